The average molecular weight is 216 g/mol. The highest BCUT2D eigenvalue weighted by Gasteiger charge is 2.24. The molecule has 3 heteroatoms. The predicted octanol–water partition coefficient (Wildman–Crippen LogP) is 2.91. The Bertz CT molecular complexity index is 397. The maximum Gasteiger partial charge on any atom is 0.231 e. The summed E-state index contributed by atoms with van der Waals surface area (Å²) in [6.07, 6.45) is 6.67. The minimum Gasteiger partial charge on any atom is -0.473 e. The standard InChI is InChI=1S/C13H16N2O/c1-10-5-2-3-7-12(10)16-13-11(9-14)6-4-8-15-13/h4,6,8,10,12H,2-3,5,7H2,1H3. The number of ether oxygens (including phenoxy) is 1. The first-order valence-corrected chi connectivity index (χ1v) is 5.83. The maximum absolute atomic E-state index is 8.94. The number of rotatable bonds is 2. The monoisotopic (exact) mass is 216 g/mol. The Balaban J connectivity index is 2.11. The van der Waals surface area contributed by atoms with Gasteiger partial charge in [0.15, 0.2) is 0 Å². The Labute approximate surface area is 96.1 Å². The zero-order chi connectivity index (χ0) is 11.4. The van der Waals surface area contributed by atoms with Crippen LogP contribution in [0.2, 0.25) is 0 Å². The first-order valence-electron chi connectivity index (χ1n) is 5.83. The first-order chi connectivity index (χ1) is 7.81. The quantitative estimate of drug-likeness (QED) is 0.763. The number of nitriles is 1. The Morgan fingerprint density at radius 1 is 1.44 bits per heavy atom. The lowest BCUT2D eigenvalue weighted by Gasteiger charge is -2.28. The molecule has 0 aromatic carbocycles. The van der Waals surface area contributed by atoms with Gasteiger partial charge in [-0.1, -0.05) is 13.3 Å². The summed E-state index contributed by atoms with van der Waals surface area (Å²) in [5, 5.41) is 8.94. The van der Waals surface area contributed by atoms with Crippen molar-refractivity contribution in [2.75, 3.05) is 0 Å². The highest BCUT2D eigenvalue weighted by molar-refractivity contribution is 5.37. The minimum atomic E-state index is 0.218. The summed E-state index contributed by atoms with van der Waals surface area (Å²) in [5.74, 6) is 1.05. The molecule has 1 aromatic heterocycles. The van der Waals surface area contributed by atoms with Crippen molar-refractivity contribution < 1.29 is 4.74 Å². The van der Waals surface area contributed by atoms with Crippen molar-refractivity contribution in [2.45, 2.75) is 38.7 Å². The highest BCUT2D eigenvalue weighted by atomic mass is 16.5. The first kappa shape index (κ1) is 10.9. The summed E-state index contributed by atoms with van der Waals surface area (Å²) in [7, 11) is 0. The second-order valence-electron chi connectivity index (χ2n) is 4.39. The van der Waals surface area contributed by atoms with Gasteiger partial charge in [-0.15, -0.1) is 0 Å². The van der Waals surface area contributed by atoms with E-state index < -0.39 is 0 Å². The third kappa shape index (κ3) is 2.33. The molecule has 1 heterocycles. The summed E-state index contributed by atoms with van der Waals surface area (Å²) in [6.45, 7) is 2.21. The third-order valence-electron chi connectivity index (χ3n) is 3.19. The van der Waals surface area contributed by atoms with E-state index in [2.05, 4.69) is 18.0 Å². The van der Waals surface area contributed by atoms with E-state index in [0.29, 0.717) is 17.4 Å². The van der Waals surface area contributed by atoms with Crippen molar-refractivity contribution in [3.05, 3.63) is 23.9 Å². The van der Waals surface area contributed by atoms with Crippen LogP contribution in [0.25, 0.3) is 0 Å². The number of aromatic nitrogens is 1. The Hall–Kier alpha value is -1.56. The van der Waals surface area contributed by atoms with Crippen LogP contribution >= 0.6 is 0 Å². The lowest BCUT2D eigenvalue weighted by molar-refractivity contribution is 0.0972. The van der Waals surface area contributed by atoms with E-state index in [-0.39, 0.29) is 6.10 Å². The van der Waals surface area contributed by atoms with E-state index in [9.17, 15) is 0 Å². The van der Waals surface area contributed by atoms with Crippen molar-refractivity contribution >= 4 is 0 Å². The van der Waals surface area contributed by atoms with Gasteiger partial charge in [0, 0.05) is 6.20 Å². The fourth-order valence-electron chi connectivity index (χ4n) is 2.17. The molecule has 1 fully saturated rings. The van der Waals surface area contributed by atoms with Crippen LogP contribution < -0.4 is 4.74 Å². The molecule has 1 aromatic rings. The Kier molecular flexibility index (Phi) is 3.40. The summed E-state index contributed by atoms with van der Waals surface area (Å²) in [6, 6.07) is 5.62. The lowest BCUT2D eigenvalue weighted by Crippen LogP contribution is -2.28. The Morgan fingerprint density at radius 2 is 2.25 bits per heavy atom. The van der Waals surface area contributed by atoms with Gasteiger partial charge in [0.2, 0.25) is 5.88 Å². The molecule has 2 rings (SSSR count). The van der Waals surface area contributed by atoms with Crippen LogP contribution in [0.1, 0.15) is 38.2 Å². The molecule has 1 saturated carbocycles. The molecule has 0 spiro atoms. The smallest absolute Gasteiger partial charge is 0.231 e. The summed E-state index contributed by atoms with van der Waals surface area (Å²) in [5.41, 5.74) is 0.528. The molecule has 0 N–H and O–H groups in total. The molecule has 84 valence electrons. The molecule has 1 aliphatic carbocycles. The van der Waals surface area contributed by atoms with Crippen LogP contribution in [0.5, 0.6) is 5.88 Å². The van der Waals surface area contributed by atoms with E-state index in [4.69, 9.17) is 10.00 Å². The van der Waals surface area contributed by atoms with Crippen LogP contribution in [0.4, 0.5) is 0 Å². The van der Waals surface area contributed by atoms with E-state index in [1.165, 1.54) is 19.3 Å². The van der Waals surface area contributed by atoms with E-state index in [1.807, 2.05) is 0 Å². The van der Waals surface area contributed by atoms with Gasteiger partial charge in [-0.05, 0) is 37.3 Å². The molecular formula is C13H16N2O. The van der Waals surface area contributed by atoms with Crippen LogP contribution in [-0.4, -0.2) is 11.1 Å². The highest BCUT2D eigenvalue weighted by Crippen LogP contribution is 2.28. The van der Waals surface area contributed by atoms with Gasteiger partial charge >= 0.3 is 0 Å². The average Bonchev–Trinajstić information content (AvgIpc) is 2.33. The van der Waals surface area contributed by atoms with Crippen LogP contribution in [0.15, 0.2) is 18.3 Å². The van der Waals surface area contributed by atoms with E-state index in [1.54, 1.807) is 18.3 Å². The molecule has 0 bridgehead atoms. The summed E-state index contributed by atoms with van der Waals surface area (Å²) in [4.78, 5) is 4.13. The Morgan fingerprint density at radius 3 is 3.00 bits per heavy atom. The van der Waals surface area contributed by atoms with Gasteiger partial charge in [-0.2, -0.15) is 5.26 Å². The normalized spacial score (nSPS) is 24.8. The number of hydrogen-bond donors (Lipinski definition) is 0. The van der Waals surface area contributed by atoms with Gasteiger partial charge < -0.3 is 4.74 Å². The van der Waals surface area contributed by atoms with Gasteiger partial charge in [0.25, 0.3) is 0 Å². The SMILES string of the molecule is CC1CCCCC1Oc1ncccc1C#N. The predicted molar refractivity (Wildman–Crippen MR) is 61.0 cm³/mol. The third-order valence-corrected chi connectivity index (χ3v) is 3.19. The van der Waals surface area contributed by atoms with Gasteiger partial charge in [-0.3, -0.25) is 0 Å². The van der Waals surface area contributed by atoms with E-state index in [0.717, 1.165) is 6.42 Å². The molecule has 16 heavy (non-hydrogen) atoms. The number of pyridine rings is 1. The molecule has 3 nitrogen and oxygen atoms in total. The van der Waals surface area contributed by atoms with Crippen molar-refractivity contribution in [3.63, 3.8) is 0 Å². The molecule has 0 radical (unpaired) electrons. The molecule has 0 aliphatic heterocycles. The second-order valence-corrected chi connectivity index (χ2v) is 4.39. The zero-order valence-corrected chi connectivity index (χ0v) is 9.52. The van der Waals surface area contributed by atoms with Crippen molar-refractivity contribution in [1.82, 2.24) is 4.98 Å². The molecule has 0 saturated heterocycles. The zero-order valence-electron chi connectivity index (χ0n) is 9.52. The fourth-order valence-corrected chi connectivity index (χ4v) is 2.17. The van der Waals surface area contributed by atoms with Crippen LogP contribution in [0, 0.1) is 17.2 Å². The maximum atomic E-state index is 8.94. The largest absolute Gasteiger partial charge is 0.473 e. The molecule has 2 unspecified atom stereocenters. The van der Waals surface area contributed by atoms with E-state index >= 15 is 0 Å². The van der Waals surface area contributed by atoms with Gasteiger partial charge in [0.05, 0.1) is 0 Å². The van der Waals surface area contributed by atoms with Crippen LogP contribution in [0.3, 0.4) is 0 Å². The van der Waals surface area contributed by atoms with Crippen LogP contribution in [-0.2, 0) is 0 Å². The number of nitrogens with zero attached hydrogens (tertiary/aromatic N) is 2. The molecule has 1 aliphatic rings. The minimum absolute atomic E-state index is 0.218. The molecular weight excluding hydrogens is 200 g/mol. The summed E-state index contributed by atoms with van der Waals surface area (Å²) >= 11 is 0. The summed E-state index contributed by atoms with van der Waals surface area (Å²) < 4.78 is 5.86. The topological polar surface area (TPSA) is 45.9 Å². The number of hydrogen-bond acceptors (Lipinski definition) is 3. The van der Waals surface area contributed by atoms with Crippen molar-refractivity contribution in [3.8, 4) is 11.9 Å². The molecule has 0 amide bonds. The molecule has 2 atom stereocenters. The fraction of sp³-hybridized carbons (Fsp3) is 0.538. The lowest BCUT2D eigenvalue weighted by atomic mass is 9.88. The second kappa shape index (κ2) is 4.98. The van der Waals surface area contributed by atoms with Gasteiger partial charge in [-0.25, -0.2) is 4.98 Å². The van der Waals surface area contributed by atoms with Gasteiger partial charge in [0.1, 0.15) is 17.7 Å². The van der Waals surface area contributed by atoms with Crippen molar-refractivity contribution in [2.24, 2.45) is 5.92 Å². The van der Waals surface area contributed by atoms with Crippen molar-refractivity contribution in [1.29, 1.82) is 5.26 Å².